The number of allylic oxidation sites excluding steroid dienone is 5. The maximum absolute atomic E-state index is 12.8. The van der Waals surface area contributed by atoms with Gasteiger partial charge in [0.05, 0.1) is 19.3 Å². The van der Waals surface area contributed by atoms with Crippen molar-refractivity contribution in [2.75, 3.05) is 25.6 Å². The Morgan fingerprint density at radius 1 is 0.794 bits per heavy atom. The van der Waals surface area contributed by atoms with Gasteiger partial charge in [0, 0.05) is 19.0 Å². The van der Waals surface area contributed by atoms with Crippen molar-refractivity contribution in [1.29, 1.82) is 0 Å². The predicted octanol–water partition coefficient (Wildman–Crippen LogP) is 8.44. The number of rotatable bonds is 39. The van der Waals surface area contributed by atoms with Crippen LogP contribution in [0.25, 0.3) is 0 Å². The molecule has 7 N–H and O–H groups in total. The molecule has 19 nitrogen and oxygen atoms in total. The molecule has 2 heterocycles. The molecule has 0 aliphatic carbocycles. The second kappa shape index (κ2) is 35.1. The van der Waals surface area contributed by atoms with Gasteiger partial charge in [-0.05, 0) is 44.1 Å². The fourth-order valence-corrected chi connectivity index (χ4v) is 9.32. The van der Waals surface area contributed by atoms with Gasteiger partial charge >= 0.3 is 33.3 Å². The van der Waals surface area contributed by atoms with Gasteiger partial charge in [0.1, 0.15) is 30.7 Å². The summed E-state index contributed by atoms with van der Waals surface area (Å²) in [4.78, 5) is 61.8. The minimum atomic E-state index is -5.44. The van der Waals surface area contributed by atoms with E-state index in [1.165, 1.54) is 51.0 Å². The SMILES string of the molecule is CC/C=C/C/C=C/C=C/C(O)CCCCCCCC(=O)O[C@H](COC(=O)CCCCCCCCCCCCCC(C)C)COP(=O)(O)OP(=O)(O)OC[C@H]1O[C@@H](n2ccc(N)nc2=O)[C@H](O)[C@@H]1O. The summed E-state index contributed by atoms with van der Waals surface area (Å²) in [5.41, 5.74) is 4.57. The zero-order valence-electron chi connectivity index (χ0n) is 40.4. The summed E-state index contributed by atoms with van der Waals surface area (Å²) in [6, 6.07) is 1.24. The van der Waals surface area contributed by atoms with Crippen molar-refractivity contribution >= 4 is 33.4 Å². The Bertz CT molecular complexity index is 1810. The number of nitrogens with zero attached hydrogens (tertiary/aromatic N) is 2. The summed E-state index contributed by atoms with van der Waals surface area (Å²) in [5, 5.41) is 31.1. The number of nitrogens with two attached hydrogens (primary N) is 1. The highest BCUT2D eigenvalue weighted by Gasteiger charge is 2.46. The second-order valence-corrected chi connectivity index (χ2v) is 20.7. The van der Waals surface area contributed by atoms with Gasteiger partial charge in [0.2, 0.25) is 0 Å². The number of phosphoric ester groups is 2. The number of phosphoric acid groups is 2. The van der Waals surface area contributed by atoms with Crippen molar-refractivity contribution in [3.8, 4) is 0 Å². The topological polar surface area (TPSA) is 286 Å². The molecule has 21 heteroatoms. The molecule has 0 radical (unpaired) electrons. The van der Waals surface area contributed by atoms with Gasteiger partial charge in [0.25, 0.3) is 0 Å². The first-order valence-electron chi connectivity index (χ1n) is 24.5. The van der Waals surface area contributed by atoms with Crippen LogP contribution in [0.5, 0.6) is 0 Å². The second-order valence-electron chi connectivity index (χ2n) is 17.6. The molecule has 1 fully saturated rings. The van der Waals surface area contributed by atoms with Crippen LogP contribution < -0.4 is 11.4 Å². The van der Waals surface area contributed by atoms with Crippen molar-refractivity contribution in [2.45, 2.75) is 199 Å². The summed E-state index contributed by atoms with van der Waals surface area (Å²) in [7, 11) is -10.9. The quantitative estimate of drug-likeness (QED) is 0.0119. The third-order valence-electron chi connectivity index (χ3n) is 11.0. The smallest absolute Gasteiger partial charge is 0.462 e. The molecule has 1 saturated heterocycles. The van der Waals surface area contributed by atoms with E-state index in [4.69, 9.17) is 29.0 Å². The molecule has 0 amide bonds. The highest BCUT2D eigenvalue weighted by Crippen LogP contribution is 2.60. The normalized spacial score (nSPS) is 20.3. The van der Waals surface area contributed by atoms with E-state index in [9.17, 15) is 48.6 Å². The van der Waals surface area contributed by atoms with Gasteiger partial charge in [-0.25, -0.2) is 13.9 Å². The molecule has 8 atom stereocenters. The van der Waals surface area contributed by atoms with Crippen LogP contribution in [0.2, 0.25) is 0 Å². The highest BCUT2D eigenvalue weighted by molar-refractivity contribution is 7.61. The van der Waals surface area contributed by atoms with Gasteiger partial charge in [-0.2, -0.15) is 9.29 Å². The lowest BCUT2D eigenvalue weighted by atomic mass is 10.0. The zero-order chi connectivity index (χ0) is 50.2. The predicted molar refractivity (Wildman–Crippen MR) is 258 cm³/mol. The first-order valence-corrected chi connectivity index (χ1v) is 27.5. The first kappa shape index (κ1) is 61.1. The van der Waals surface area contributed by atoms with Gasteiger partial charge in [-0.1, -0.05) is 154 Å². The Kier molecular flexibility index (Phi) is 31.5. The van der Waals surface area contributed by atoms with E-state index in [1.54, 1.807) is 6.08 Å². The number of carbonyl (C=O) groups excluding carboxylic acids is 2. The van der Waals surface area contributed by atoms with Crippen LogP contribution in [0.15, 0.2) is 53.5 Å². The van der Waals surface area contributed by atoms with Crippen molar-refractivity contribution in [3.05, 3.63) is 59.2 Å². The molecular weight excluding hydrogens is 924 g/mol. The van der Waals surface area contributed by atoms with E-state index in [0.29, 0.717) is 25.7 Å². The molecule has 0 spiro atoms. The Balaban J connectivity index is 1.84. The molecule has 1 aliphatic heterocycles. The van der Waals surface area contributed by atoms with E-state index in [1.807, 2.05) is 18.2 Å². The molecule has 3 unspecified atom stereocenters. The van der Waals surface area contributed by atoms with Crippen molar-refractivity contribution in [3.63, 3.8) is 0 Å². The Morgan fingerprint density at radius 3 is 1.97 bits per heavy atom. The maximum Gasteiger partial charge on any atom is 0.481 e. The molecule has 0 aromatic carbocycles. The van der Waals surface area contributed by atoms with Gasteiger partial charge in [0.15, 0.2) is 12.3 Å². The third kappa shape index (κ3) is 28.6. The van der Waals surface area contributed by atoms with Gasteiger partial charge in [-0.15, -0.1) is 0 Å². The number of esters is 2. The van der Waals surface area contributed by atoms with Crippen molar-refractivity contribution < 1.29 is 71.4 Å². The maximum atomic E-state index is 12.8. The Morgan fingerprint density at radius 2 is 1.37 bits per heavy atom. The summed E-state index contributed by atoms with van der Waals surface area (Å²) in [5.74, 6) is -0.616. The lowest BCUT2D eigenvalue weighted by Gasteiger charge is -2.21. The fraction of sp³-hybridized carbons (Fsp3) is 0.745. The van der Waals surface area contributed by atoms with Crippen LogP contribution >= 0.6 is 15.6 Å². The van der Waals surface area contributed by atoms with Gasteiger partial charge < -0.3 is 45.1 Å². The number of aliphatic hydroxyl groups is 3. The summed E-state index contributed by atoms with van der Waals surface area (Å²) >= 11 is 0. The molecule has 0 saturated carbocycles. The Labute approximate surface area is 402 Å². The minimum Gasteiger partial charge on any atom is -0.462 e. The number of aliphatic hydroxyl groups excluding tert-OH is 3. The van der Waals surface area contributed by atoms with Crippen LogP contribution in [0.4, 0.5) is 5.82 Å². The number of carbonyl (C=O) groups is 2. The number of aromatic nitrogens is 2. The summed E-state index contributed by atoms with van der Waals surface area (Å²) < 4.78 is 56.6. The Hall–Kier alpha value is -3.06. The number of ether oxygens (including phenoxy) is 3. The molecule has 1 aromatic rings. The standard InChI is InChI=1S/C47H81N3O16P2/c1-4-5-6-7-13-18-23-28-38(51)29-24-19-16-21-26-31-43(53)64-39(34-61-42(52)30-25-20-15-12-10-8-9-11-14-17-22-27-37(2)3)35-62-67(57,58)66-68(59,60)63-36-40-44(54)45(55)46(65-40)50-33-32-41(48)49-47(50)56/h5-6,13,18,23,28,32-33,37-40,44-46,51,54-55H,4,7-12,14-17,19-22,24-27,29-31,34-36H2,1-3H3,(H,57,58)(H,59,60)(H2,48,49,56)/b6-5+,18-13+,28-23+/t38?,39-,40-,44-,45-,46-/m1/s1. The summed E-state index contributed by atoms with van der Waals surface area (Å²) in [6.45, 7) is 4.22. The van der Waals surface area contributed by atoms with Crippen LogP contribution in [0, 0.1) is 5.92 Å². The fourth-order valence-electron chi connectivity index (χ4n) is 7.21. The van der Waals surface area contributed by atoms with E-state index in [-0.39, 0.29) is 18.7 Å². The molecular formula is C47H81N3O16P2. The molecule has 1 aromatic heterocycles. The zero-order valence-corrected chi connectivity index (χ0v) is 42.2. The highest BCUT2D eigenvalue weighted by atomic mass is 31.3. The van der Waals surface area contributed by atoms with Crippen LogP contribution in [0.1, 0.15) is 168 Å². The molecule has 2 rings (SSSR count). The number of anilines is 1. The monoisotopic (exact) mass is 1010 g/mol. The molecule has 0 bridgehead atoms. The molecule has 390 valence electrons. The van der Waals surface area contributed by atoms with E-state index >= 15 is 0 Å². The van der Waals surface area contributed by atoms with E-state index in [0.717, 1.165) is 74.5 Å². The first-order chi connectivity index (χ1) is 32.4. The average molecular weight is 1010 g/mol. The molecule has 68 heavy (non-hydrogen) atoms. The lowest BCUT2D eigenvalue weighted by Crippen LogP contribution is -2.36. The number of unbranched alkanes of at least 4 members (excludes halogenated alkanes) is 14. The minimum absolute atomic E-state index is 0.0189. The largest absolute Gasteiger partial charge is 0.481 e. The average Bonchev–Trinajstić information content (AvgIpc) is 3.55. The van der Waals surface area contributed by atoms with Crippen LogP contribution in [-0.2, 0) is 46.3 Å². The number of hydrogen-bond acceptors (Lipinski definition) is 16. The van der Waals surface area contributed by atoms with Crippen molar-refractivity contribution in [1.82, 2.24) is 9.55 Å². The third-order valence-corrected chi connectivity index (χ3v) is 13.6. The van der Waals surface area contributed by atoms with Crippen LogP contribution in [-0.4, -0.2) is 96.9 Å². The lowest BCUT2D eigenvalue weighted by molar-refractivity contribution is -0.161. The summed E-state index contributed by atoms with van der Waals surface area (Å²) in [6.07, 6.45) is 24.0. The van der Waals surface area contributed by atoms with Gasteiger partial charge in [-0.3, -0.25) is 23.2 Å². The number of nitrogen functional groups attached to an aromatic ring is 1. The molecule has 1 aliphatic rings. The van der Waals surface area contributed by atoms with Crippen molar-refractivity contribution in [2.24, 2.45) is 5.92 Å². The van der Waals surface area contributed by atoms with Crippen LogP contribution in [0.3, 0.4) is 0 Å². The number of hydrogen-bond donors (Lipinski definition) is 6. The van der Waals surface area contributed by atoms with E-state index < -0.39 is 89.8 Å². The van der Waals surface area contributed by atoms with E-state index in [2.05, 4.69) is 42.2 Å².